The number of ether oxygens (including phenoxy) is 1. The lowest BCUT2D eigenvalue weighted by atomic mass is 10.1. The lowest BCUT2D eigenvalue weighted by molar-refractivity contribution is -0.155. The zero-order valence-electron chi connectivity index (χ0n) is 11.9. The third kappa shape index (κ3) is 5.87. The number of carboxylic acids is 1. The Morgan fingerprint density at radius 1 is 1.35 bits per heavy atom. The van der Waals surface area contributed by atoms with E-state index in [9.17, 15) is 18.0 Å². The Labute approximate surface area is 118 Å². The third-order valence-corrected chi connectivity index (χ3v) is 4.59. The van der Waals surface area contributed by atoms with Gasteiger partial charge in [0.05, 0.1) is 5.25 Å². The van der Waals surface area contributed by atoms with Gasteiger partial charge in [0.15, 0.2) is 0 Å². The Hall–Kier alpha value is -1.15. The van der Waals surface area contributed by atoms with Crippen molar-refractivity contribution in [2.24, 2.45) is 0 Å². The van der Waals surface area contributed by atoms with Crippen LogP contribution in [0.15, 0.2) is 0 Å². The van der Waals surface area contributed by atoms with Crippen LogP contribution in [-0.4, -0.2) is 42.4 Å². The number of esters is 1. The maximum absolute atomic E-state index is 11.7. The van der Waals surface area contributed by atoms with E-state index in [1.807, 2.05) is 0 Å². The Morgan fingerprint density at radius 3 is 2.30 bits per heavy atom. The number of carbonyl (C=O) groups excluding carboxylic acids is 1. The number of nitrogens with one attached hydrogen (secondary N) is 1. The van der Waals surface area contributed by atoms with Gasteiger partial charge in [-0.3, -0.25) is 9.59 Å². The fourth-order valence-corrected chi connectivity index (χ4v) is 3.12. The molecule has 1 atom stereocenters. The first-order chi connectivity index (χ1) is 9.01. The van der Waals surface area contributed by atoms with Crippen LogP contribution in [0.2, 0.25) is 0 Å². The van der Waals surface area contributed by atoms with Crippen LogP contribution in [0.1, 0.15) is 46.5 Å². The summed E-state index contributed by atoms with van der Waals surface area (Å²) in [6.45, 7) is 5.11. The van der Waals surface area contributed by atoms with Gasteiger partial charge in [-0.2, -0.15) is 0 Å². The van der Waals surface area contributed by atoms with Gasteiger partial charge in [-0.05, 0) is 40.0 Å². The van der Waals surface area contributed by atoms with Gasteiger partial charge in [-0.1, -0.05) is 0 Å². The van der Waals surface area contributed by atoms with Crippen molar-refractivity contribution in [1.82, 2.24) is 4.72 Å². The summed E-state index contributed by atoms with van der Waals surface area (Å²) in [5.41, 5.74) is -0.649. The van der Waals surface area contributed by atoms with Crippen LogP contribution in [0.4, 0.5) is 0 Å². The summed E-state index contributed by atoms with van der Waals surface area (Å²) in [6, 6.07) is -1.30. The van der Waals surface area contributed by atoms with E-state index in [1.54, 1.807) is 20.8 Å². The van der Waals surface area contributed by atoms with Crippen molar-refractivity contribution in [3.63, 3.8) is 0 Å². The van der Waals surface area contributed by atoms with Gasteiger partial charge in [-0.15, -0.1) is 0 Å². The van der Waals surface area contributed by atoms with Crippen LogP contribution in [0.3, 0.4) is 0 Å². The minimum atomic E-state index is -3.60. The van der Waals surface area contributed by atoms with E-state index < -0.39 is 38.9 Å². The van der Waals surface area contributed by atoms with E-state index in [1.165, 1.54) is 0 Å². The Bertz CT molecular complexity index is 475. The highest BCUT2D eigenvalue weighted by atomic mass is 32.2. The van der Waals surface area contributed by atoms with E-state index in [4.69, 9.17) is 9.84 Å². The van der Waals surface area contributed by atoms with Gasteiger partial charge < -0.3 is 9.84 Å². The van der Waals surface area contributed by atoms with Crippen LogP contribution in [0.5, 0.6) is 0 Å². The molecule has 0 unspecified atom stereocenters. The quantitative estimate of drug-likeness (QED) is 0.668. The molecule has 0 aliphatic heterocycles. The number of hydrogen-bond acceptors (Lipinski definition) is 5. The highest BCUT2D eigenvalue weighted by Crippen LogP contribution is 2.27. The summed E-state index contributed by atoms with van der Waals surface area (Å²) in [7, 11) is -3.60. The molecule has 0 spiro atoms. The topological polar surface area (TPSA) is 110 Å². The van der Waals surface area contributed by atoms with Crippen LogP contribution >= 0.6 is 0 Å². The first kappa shape index (κ1) is 16.9. The van der Waals surface area contributed by atoms with Crippen molar-refractivity contribution in [1.29, 1.82) is 0 Å². The highest BCUT2D eigenvalue weighted by Gasteiger charge is 2.38. The minimum Gasteiger partial charge on any atom is -0.480 e. The largest absolute Gasteiger partial charge is 0.480 e. The number of sulfonamides is 1. The fraction of sp³-hybridized carbons (Fsp3) is 0.833. The highest BCUT2D eigenvalue weighted by molar-refractivity contribution is 7.90. The number of aliphatic carboxylic acids is 1. The molecule has 0 aromatic rings. The molecule has 8 heteroatoms. The molecule has 1 saturated carbocycles. The Balaban J connectivity index is 2.52. The van der Waals surface area contributed by atoms with Crippen LogP contribution in [0.25, 0.3) is 0 Å². The minimum absolute atomic E-state index is 0.129. The molecule has 0 bridgehead atoms. The summed E-state index contributed by atoms with van der Waals surface area (Å²) in [6.07, 6.45) is 0.819. The molecule has 1 rings (SSSR count). The molecule has 0 aromatic carbocycles. The molecule has 0 saturated heterocycles. The maximum Gasteiger partial charge on any atom is 0.321 e. The molecule has 0 amide bonds. The Morgan fingerprint density at radius 2 is 1.90 bits per heavy atom. The number of carbonyl (C=O) groups is 2. The van der Waals surface area contributed by atoms with Gasteiger partial charge in [-0.25, -0.2) is 13.1 Å². The standard InChI is InChI=1S/C12H21NO6S/c1-12(2,3)19-10(14)7-6-9(11(15)16)13-20(17,18)8-4-5-8/h8-9,13H,4-7H2,1-3H3,(H,15,16)/t9-/m1/s1. The number of carboxylic acid groups (broad SMARTS) is 1. The van der Waals surface area contributed by atoms with Crippen molar-refractivity contribution >= 4 is 22.0 Å². The van der Waals surface area contributed by atoms with Crippen molar-refractivity contribution < 1.29 is 27.9 Å². The van der Waals surface area contributed by atoms with Crippen LogP contribution < -0.4 is 4.72 Å². The predicted octanol–water partition coefficient (Wildman–Crippen LogP) is 0.643. The van der Waals surface area contributed by atoms with Gasteiger partial charge in [0, 0.05) is 6.42 Å². The summed E-state index contributed by atoms with van der Waals surface area (Å²) < 4.78 is 30.6. The summed E-state index contributed by atoms with van der Waals surface area (Å²) in [5.74, 6) is -1.84. The second-order valence-electron chi connectivity index (χ2n) is 5.88. The molecule has 0 aromatic heterocycles. The average Bonchev–Trinajstić information content (AvgIpc) is 3.04. The predicted molar refractivity (Wildman–Crippen MR) is 71.6 cm³/mol. The molecule has 7 nitrogen and oxygen atoms in total. The zero-order valence-corrected chi connectivity index (χ0v) is 12.7. The molecule has 1 aliphatic rings. The maximum atomic E-state index is 11.7. The second-order valence-corrected chi connectivity index (χ2v) is 7.87. The van der Waals surface area contributed by atoms with E-state index in [-0.39, 0.29) is 12.8 Å². The van der Waals surface area contributed by atoms with Crippen molar-refractivity contribution in [3.8, 4) is 0 Å². The molecule has 1 aliphatic carbocycles. The lowest BCUT2D eigenvalue weighted by Crippen LogP contribution is -2.42. The molecule has 0 radical (unpaired) electrons. The molecule has 0 heterocycles. The molecule has 116 valence electrons. The van der Waals surface area contributed by atoms with E-state index in [2.05, 4.69) is 4.72 Å². The fourth-order valence-electron chi connectivity index (χ4n) is 1.56. The third-order valence-electron chi connectivity index (χ3n) is 2.62. The SMILES string of the molecule is CC(C)(C)OC(=O)CC[C@@H](NS(=O)(=O)C1CC1)C(=O)O. The Kier molecular flexibility index (Phi) is 5.15. The lowest BCUT2D eigenvalue weighted by Gasteiger charge is -2.20. The summed E-state index contributed by atoms with van der Waals surface area (Å²) in [5, 5.41) is 8.51. The van der Waals surface area contributed by atoms with Gasteiger partial charge >= 0.3 is 11.9 Å². The molecular formula is C12H21NO6S. The second kappa shape index (κ2) is 6.09. The van der Waals surface area contributed by atoms with Gasteiger partial charge in [0.25, 0.3) is 0 Å². The van der Waals surface area contributed by atoms with Crippen LogP contribution in [-0.2, 0) is 24.3 Å². The molecular weight excluding hydrogens is 286 g/mol. The zero-order chi connectivity index (χ0) is 15.6. The molecule has 1 fully saturated rings. The average molecular weight is 307 g/mol. The van der Waals surface area contributed by atoms with E-state index >= 15 is 0 Å². The molecule has 20 heavy (non-hydrogen) atoms. The number of hydrogen-bond donors (Lipinski definition) is 2. The monoisotopic (exact) mass is 307 g/mol. The normalized spacial score (nSPS) is 17.6. The first-order valence-corrected chi connectivity index (χ1v) is 8.02. The van der Waals surface area contributed by atoms with Crippen molar-refractivity contribution in [2.45, 2.75) is 63.3 Å². The van der Waals surface area contributed by atoms with Crippen molar-refractivity contribution in [3.05, 3.63) is 0 Å². The number of rotatable bonds is 7. The first-order valence-electron chi connectivity index (χ1n) is 6.47. The molecule has 2 N–H and O–H groups in total. The van der Waals surface area contributed by atoms with E-state index in [0.717, 1.165) is 0 Å². The summed E-state index contributed by atoms with van der Waals surface area (Å²) in [4.78, 5) is 22.5. The van der Waals surface area contributed by atoms with E-state index in [0.29, 0.717) is 12.8 Å². The van der Waals surface area contributed by atoms with Crippen LogP contribution in [0, 0.1) is 0 Å². The van der Waals surface area contributed by atoms with Gasteiger partial charge in [0.1, 0.15) is 11.6 Å². The van der Waals surface area contributed by atoms with Crippen molar-refractivity contribution in [2.75, 3.05) is 0 Å². The smallest absolute Gasteiger partial charge is 0.321 e. The summed E-state index contributed by atoms with van der Waals surface area (Å²) >= 11 is 0. The van der Waals surface area contributed by atoms with Gasteiger partial charge in [0.2, 0.25) is 10.0 Å².